The molecule has 0 amide bonds. The van der Waals surface area contributed by atoms with Crippen molar-refractivity contribution >= 4 is 17.1 Å². The number of aliphatic hydroxyl groups is 1. The van der Waals surface area contributed by atoms with Crippen LogP contribution in [-0.4, -0.2) is 10.9 Å². The third-order valence-electron chi connectivity index (χ3n) is 7.99. The van der Waals surface area contributed by atoms with E-state index in [2.05, 4.69) is 54.5 Å². The highest BCUT2D eigenvalue weighted by atomic mass is 16.5. The van der Waals surface area contributed by atoms with Gasteiger partial charge in [0.15, 0.2) is 0 Å². The average molecular weight is 574 g/mol. The van der Waals surface area contributed by atoms with Crippen molar-refractivity contribution in [3.63, 3.8) is 0 Å². The summed E-state index contributed by atoms with van der Waals surface area (Å²) < 4.78 is 12.7. The molecule has 3 aromatic rings. The first-order valence-corrected chi connectivity index (χ1v) is 14.8. The Labute approximate surface area is 255 Å². The van der Waals surface area contributed by atoms with Crippen LogP contribution < -0.4 is 0 Å². The second kappa shape index (κ2) is 11.0. The summed E-state index contributed by atoms with van der Waals surface area (Å²) in [4.78, 5) is 13.6. The molecule has 4 heteroatoms. The molecule has 0 saturated carbocycles. The van der Waals surface area contributed by atoms with Crippen LogP contribution in [0.1, 0.15) is 76.5 Å². The Balaban J connectivity index is 1.61. The van der Waals surface area contributed by atoms with E-state index in [1.807, 2.05) is 80.6 Å². The Hall–Kier alpha value is -4.44. The molecule has 0 fully saturated rings. The zero-order valence-corrected chi connectivity index (χ0v) is 26.7. The lowest BCUT2D eigenvalue weighted by molar-refractivity contribution is -0.113. The largest absolute Gasteiger partial charge is 0.506 e. The smallest absolute Gasteiger partial charge is 0.361 e. The molecule has 0 atom stereocenters. The van der Waals surface area contributed by atoms with Gasteiger partial charge in [-0.2, -0.15) is 0 Å². The topological polar surface area (TPSA) is 57.8 Å². The average Bonchev–Trinajstić information content (AvgIpc) is 2.95. The second-order valence-electron chi connectivity index (χ2n) is 13.6. The highest BCUT2D eigenvalue weighted by Crippen LogP contribution is 2.41. The van der Waals surface area contributed by atoms with Crippen LogP contribution in [0.15, 0.2) is 112 Å². The highest BCUT2D eigenvalue weighted by molar-refractivity contribution is 6.24. The van der Waals surface area contributed by atoms with Gasteiger partial charge in [-0.1, -0.05) is 63.2 Å². The minimum absolute atomic E-state index is 0.00795. The molecule has 1 aliphatic heterocycles. The molecule has 1 aliphatic carbocycles. The molecule has 0 spiro atoms. The van der Waals surface area contributed by atoms with E-state index in [0.717, 1.165) is 62.0 Å². The minimum atomic E-state index is -0.253. The summed E-state index contributed by atoms with van der Waals surface area (Å²) in [7, 11) is 0. The van der Waals surface area contributed by atoms with Crippen molar-refractivity contribution in [1.29, 1.82) is 0 Å². The molecule has 43 heavy (non-hydrogen) atoms. The predicted octanol–water partition coefficient (Wildman–Crippen LogP) is 10.2. The van der Waals surface area contributed by atoms with Crippen LogP contribution in [0.2, 0.25) is 0 Å². The van der Waals surface area contributed by atoms with E-state index < -0.39 is 0 Å². The van der Waals surface area contributed by atoms with Crippen LogP contribution >= 0.6 is 0 Å². The predicted molar refractivity (Wildman–Crippen MR) is 175 cm³/mol. The zero-order chi connectivity index (χ0) is 31.3. The third kappa shape index (κ3) is 5.92. The SMILES string of the molecule is CC(=C1C(=O)C(C=C2C=C(c3ccccc3C)OC(C(C)(C)C)=C2)=C1O)c1cc(-c2ccccc2C)[o+]c(C(C)(C)C)c1. The van der Waals surface area contributed by atoms with E-state index in [1.165, 1.54) is 0 Å². The summed E-state index contributed by atoms with van der Waals surface area (Å²) in [6.45, 7) is 18.6. The van der Waals surface area contributed by atoms with Gasteiger partial charge in [-0.15, -0.1) is 0 Å². The van der Waals surface area contributed by atoms with Gasteiger partial charge in [-0.25, -0.2) is 4.42 Å². The number of hydrogen-bond donors (Lipinski definition) is 1. The van der Waals surface area contributed by atoms with Crippen LogP contribution in [0.25, 0.3) is 22.7 Å². The van der Waals surface area contributed by atoms with Crippen LogP contribution in [-0.2, 0) is 14.9 Å². The fourth-order valence-electron chi connectivity index (χ4n) is 5.24. The minimum Gasteiger partial charge on any atom is -0.506 e. The monoisotopic (exact) mass is 573 g/mol. The molecule has 2 aliphatic rings. The first-order chi connectivity index (χ1) is 20.1. The molecule has 2 aromatic carbocycles. The van der Waals surface area contributed by atoms with Crippen molar-refractivity contribution in [2.75, 3.05) is 0 Å². The van der Waals surface area contributed by atoms with E-state index in [0.29, 0.717) is 11.1 Å². The lowest BCUT2D eigenvalue weighted by atomic mass is 9.81. The lowest BCUT2D eigenvalue weighted by Gasteiger charge is -2.28. The summed E-state index contributed by atoms with van der Waals surface area (Å²) in [5, 5.41) is 11.3. The third-order valence-corrected chi connectivity index (χ3v) is 7.99. The first-order valence-electron chi connectivity index (χ1n) is 14.8. The van der Waals surface area contributed by atoms with Gasteiger partial charge < -0.3 is 9.84 Å². The summed E-state index contributed by atoms with van der Waals surface area (Å²) >= 11 is 0. The standard InChI is InChI=1S/C39H40O4/c1-23-14-10-12-16-28(23)31-19-26(20-33(42-31)38(4,5)6)18-30-36(40)35(37(30)41)25(3)27-21-32(29-17-13-11-15-24(29)2)43-34(22-27)39(7,8)9/h10-22H,1-9H3/p+1. The molecule has 5 rings (SSSR count). The maximum absolute atomic E-state index is 13.6. The fraction of sp³-hybridized carbons (Fsp3) is 0.282. The molecule has 0 radical (unpaired) electrons. The summed E-state index contributed by atoms with van der Waals surface area (Å²) in [5.74, 6) is 2.88. The van der Waals surface area contributed by atoms with E-state index in [1.54, 1.807) is 6.08 Å². The van der Waals surface area contributed by atoms with E-state index in [9.17, 15) is 9.90 Å². The molecule has 2 heterocycles. The van der Waals surface area contributed by atoms with Crippen LogP contribution in [0.3, 0.4) is 0 Å². The number of aliphatic hydroxyl groups excluding tert-OH is 1. The van der Waals surface area contributed by atoms with Gasteiger partial charge in [-0.05, 0) is 93.7 Å². The fourth-order valence-corrected chi connectivity index (χ4v) is 5.24. The van der Waals surface area contributed by atoms with Crippen molar-refractivity contribution < 1.29 is 19.1 Å². The Kier molecular flexibility index (Phi) is 7.68. The quantitative estimate of drug-likeness (QED) is 0.249. The molecule has 0 saturated heterocycles. The molecule has 1 aromatic heterocycles. The maximum Gasteiger partial charge on any atom is 0.361 e. The Morgan fingerprint density at radius 3 is 2.00 bits per heavy atom. The van der Waals surface area contributed by atoms with Crippen molar-refractivity contribution in [1.82, 2.24) is 0 Å². The van der Waals surface area contributed by atoms with Gasteiger partial charge in [0.25, 0.3) is 0 Å². The molecule has 220 valence electrons. The number of Topliss-reactive ketones (excluding diaryl/α,β-unsaturated/α-hetero) is 1. The van der Waals surface area contributed by atoms with Gasteiger partial charge >= 0.3 is 11.5 Å². The van der Waals surface area contributed by atoms with Gasteiger partial charge in [0.1, 0.15) is 17.3 Å². The molecular formula is C39H41O4+. The van der Waals surface area contributed by atoms with E-state index >= 15 is 0 Å². The summed E-state index contributed by atoms with van der Waals surface area (Å²) in [6.07, 6.45) is 5.65. The van der Waals surface area contributed by atoms with Crippen LogP contribution in [0.5, 0.6) is 0 Å². The van der Waals surface area contributed by atoms with Crippen LogP contribution in [0, 0.1) is 19.3 Å². The summed E-state index contributed by atoms with van der Waals surface area (Å²) in [6, 6.07) is 20.1. The molecule has 0 unspecified atom stereocenters. The Morgan fingerprint density at radius 1 is 0.837 bits per heavy atom. The van der Waals surface area contributed by atoms with Crippen molar-refractivity contribution in [2.45, 2.75) is 67.7 Å². The summed E-state index contributed by atoms with van der Waals surface area (Å²) in [5.41, 5.74) is 6.68. The highest BCUT2D eigenvalue weighted by Gasteiger charge is 2.37. The van der Waals surface area contributed by atoms with Gasteiger partial charge in [0.2, 0.25) is 5.78 Å². The number of allylic oxidation sites excluding steroid dienone is 8. The van der Waals surface area contributed by atoms with Gasteiger partial charge in [0.05, 0.1) is 28.2 Å². The Bertz CT molecular complexity index is 1790. The van der Waals surface area contributed by atoms with Crippen molar-refractivity contribution in [3.8, 4) is 11.3 Å². The number of aryl methyl sites for hydroxylation is 2. The lowest BCUT2D eigenvalue weighted by Crippen LogP contribution is -2.23. The number of rotatable bonds is 4. The van der Waals surface area contributed by atoms with Gasteiger partial charge in [-0.3, -0.25) is 4.79 Å². The number of benzene rings is 2. The zero-order valence-electron chi connectivity index (χ0n) is 26.7. The van der Waals surface area contributed by atoms with E-state index in [-0.39, 0.29) is 22.4 Å². The normalized spacial score (nSPS) is 17.8. The number of ketones is 1. The maximum atomic E-state index is 13.6. The second-order valence-corrected chi connectivity index (χ2v) is 13.6. The van der Waals surface area contributed by atoms with Gasteiger partial charge in [0, 0.05) is 17.0 Å². The number of hydrogen-bond acceptors (Lipinski definition) is 3. The molecule has 1 N–H and O–H groups in total. The number of carbonyl (C=O) groups excluding carboxylic acids is 1. The van der Waals surface area contributed by atoms with Crippen LogP contribution in [0.4, 0.5) is 0 Å². The number of carbonyl (C=O) groups is 1. The van der Waals surface area contributed by atoms with Crippen molar-refractivity contribution in [3.05, 3.63) is 135 Å². The van der Waals surface area contributed by atoms with E-state index in [4.69, 9.17) is 9.15 Å². The Morgan fingerprint density at radius 2 is 1.44 bits per heavy atom. The molecular weight excluding hydrogens is 532 g/mol. The molecule has 0 bridgehead atoms. The van der Waals surface area contributed by atoms with Crippen molar-refractivity contribution in [2.24, 2.45) is 5.41 Å². The number of ether oxygens (including phenoxy) is 1. The molecule has 4 nitrogen and oxygen atoms in total. The first kappa shape index (κ1) is 30.0.